The molecule has 0 aliphatic carbocycles. The highest BCUT2D eigenvalue weighted by atomic mass is 79.9. The van der Waals surface area contributed by atoms with E-state index in [0.29, 0.717) is 12.8 Å². The van der Waals surface area contributed by atoms with Gasteiger partial charge < -0.3 is 10.2 Å². The van der Waals surface area contributed by atoms with Gasteiger partial charge in [-0.2, -0.15) is 10.5 Å². The molecule has 0 aliphatic heterocycles. The molecule has 0 amide bonds. The molecule has 0 heterocycles. The molecule has 0 bridgehead atoms. The zero-order valence-corrected chi connectivity index (χ0v) is 22.2. The fourth-order valence-corrected chi connectivity index (χ4v) is 2.65. The monoisotopic (exact) mass is 548 g/mol. The van der Waals surface area contributed by atoms with E-state index in [1.165, 1.54) is 5.56 Å². The van der Waals surface area contributed by atoms with Crippen LogP contribution < -0.4 is 5.32 Å². The van der Waals surface area contributed by atoms with Crippen molar-refractivity contribution in [3.63, 3.8) is 0 Å². The Morgan fingerprint density at radius 1 is 0.879 bits per heavy atom. The minimum atomic E-state index is 0.575. The fourth-order valence-electron chi connectivity index (χ4n) is 2.21. The number of benzene rings is 2. The lowest BCUT2D eigenvalue weighted by Gasteiger charge is -2.10. The summed E-state index contributed by atoms with van der Waals surface area (Å²) in [6, 6.07) is 19.6. The fraction of sp³-hybridized carbons (Fsp3) is 0.308. The molecule has 0 saturated heterocycles. The molecular weight excluding hydrogens is 519 g/mol. The number of hydrogen-bond acceptors (Lipinski definition) is 4. The molecule has 0 saturated carbocycles. The maximum absolute atomic E-state index is 8.44. The lowest BCUT2D eigenvalue weighted by Crippen LogP contribution is -2.18. The van der Waals surface area contributed by atoms with Crippen LogP contribution in [0, 0.1) is 22.7 Å². The first-order valence-electron chi connectivity index (χ1n) is 10.4. The third-order valence-corrected chi connectivity index (χ3v) is 4.84. The maximum atomic E-state index is 8.44. The summed E-state index contributed by atoms with van der Waals surface area (Å²) in [5.74, 6) is 0. The summed E-state index contributed by atoms with van der Waals surface area (Å²) in [4.78, 5) is 2.11. The number of likely N-dealkylation sites (N-methyl/N-ethyl adjacent to an activating group) is 1. The van der Waals surface area contributed by atoms with E-state index in [9.17, 15) is 0 Å². The van der Waals surface area contributed by atoms with Crippen molar-refractivity contribution in [2.24, 2.45) is 0 Å². The second-order valence-electron chi connectivity index (χ2n) is 6.74. The zero-order valence-electron chi connectivity index (χ0n) is 19.1. The van der Waals surface area contributed by atoms with E-state index in [4.69, 9.17) is 33.7 Å². The molecule has 33 heavy (non-hydrogen) atoms. The first-order chi connectivity index (χ1) is 16.0. The first kappa shape index (κ1) is 30.9. The molecule has 7 heteroatoms. The summed E-state index contributed by atoms with van der Waals surface area (Å²) < 4.78 is 0. The molecule has 0 radical (unpaired) electrons. The lowest BCUT2D eigenvalue weighted by atomic mass is 10.2. The van der Waals surface area contributed by atoms with Crippen LogP contribution in [0.4, 0.5) is 0 Å². The summed E-state index contributed by atoms with van der Waals surface area (Å²) in [5, 5.41) is 21.6. The molecule has 2 aromatic carbocycles. The molecule has 1 N–H and O–H groups in total. The van der Waals surface area contributed by atoms with Gasteiger partial charge in [0.1, 0.15) is 0 Å². The highest BCUT2D eigenvalue weighted by molar-refractivity contribution is 9.09. The maximum Gasteiger partial charge on any atom is 0.0635 e. The van der Waals surface area contributed by atoms with Gasteiger partial charge in [0, 0.05) is 47.9 Å². The van der Waals surface area contributed by atoms with Crippen LogP contribution in [-0.2, 0) is 0 Å². The second kappa shape index (κ2) is 21.7. The number of nitrogens with one attached hydrogen (secondary N) is 1. The van der Waals surface area contributed by atoms with Gasteiger partial charge in [0.15, 0.2) is 0 Å². The van der Waals surface area contributed by atoms with Gasteiger partial charge in [0.05, 0.1) is 12.1 Å². The topological polar surface area (TPSA) is 62.9 Å². The molecule has 2 rings (SSSR count). The predicted molar refractivity (Wildman–Crippen MR) is 147 cm³/mol. The number of alkyl halides is 1. The summed E-state index contributed by atoms with van der Waals surface area (Å²) in [6.45, 7) is 2.46. The van der Waals surface area contributed by atoms with Gasteiger partial charge in [-0.05, 0) is 49.5 Å². The third-order valence-electron chi connectivity index (χ3n) is 3.96. The van der Waals surface area contributed by atoms with Gasteiger partial charge >= 0.3 is 0 Å². The molecule has 0 fully saturated rings. The van der Waals surface area contributed by atoms with Gasteiger partial charge in [-0.15, -0.1) is 0 Å². The van der Waals surface area contributed by atoms with Gasteiger partial charge in [-0.1, -0.05) is 87.7 Å². The number of allylic oxidation sites excluding steroid dienone is 1. The van der Waals surface area contributed by atoms with E-state index in [1.54, 1.807) is 0 Å². The van der Waals surface area contributed by atoms with E-state index in [1.807, 2.05) is 80.8 Å². The van der Waals surface area contributed by atoms with Crippen LogP contribution in [0.25, 0.3) is 12.2 Å². The normalized spacial score (nSPS) is 10.2. The summed E-state index contributed by atoms with van der Waals surface area (Å²) >= 11 is 14.8. The first-order valence-corrected chi connectivity index (χ1v) is 12.3. The lowest BCUT2D eigenvalue weighted by molar-refractivity contribution is 0.380. The Hall–Kier alpha value is -2.12. The standard InChI is InChI=1S/C13H15ClN2.C9H8BrCl.C4H8N2/c1-16(11-3-9-15)10-2-4-12-5-7-13(14)8-6-12;10-7-1-2-8-3-5-9(11)6-4-8;1-6-4-2-3-5/h2,4-8H,3,10-11H2,1H3;1-6H,7H2;6H,2,4H2,1H3/b4-2+;2-1+;. The molecular formula is C26H31BrCl2N4. The Balaban J connectivity index is 0.000000520. The molecule has 0 unspecified atom stereocenters. The summed E-state index contributed by atoms with van der Waals surface area (Å²) in [6.07, 6.45) is 9.41. The van der Waals surface area contributed by atoms with E-state index in [-0.39, 0.29) is 0 Å². The second-order valence-corrected chi connectivity index (χ2v) is 8.26. The predicted octanol–water partition coefficient (Wildman–Crippen LogP) is 7.07. The average molecular weight is 550 g/mol. The van der Waals surface area contributed by atoms with E-state index < -0.39 is 0 Å². The van der Waals surface area contributed by atoms with Crippen molar-refractivity contribution in [1.29, 1.82) is 10.5 Å². The van der Waals surface area contributed by atoms with Crippen molar-refractivity contribution in [3.05, 3.63) is 81.9 Å². The number of nitriles is 2. The van der Waals surface area contributed by atoms with Crippen LogP contribution in [0.2, 0.25) is 10.0 Å². The minimum absolute atomic E-state index is 0.575. The highest BCUT2D eigenvalue weighted by Crippen LogP contribution is 2.11. The van der Waals surface area contributed by atoms with Crippen LogP contribution in [0.5, 0.6) is 0 Å². The molecule has 2 aromatic rings. The molecule has 0 aliphatic rings. The summed E-state index contributed by atoms with van der Waals surface area (Å²) in [7, 11) is 3.83. The third kappa shape index (κ3) is 19.1. The van der Waals surface area contributed by atoms with Gasteiger partial charge in [0.2, 0.25) is 0 Å². The molecule has 4 nitrogen and oxygen atoms in total. The van der Waals surface area contributed by atoms with Crippen LogP contribution in [0.1, 0.15) is 24.0 Å². The van der Waals surface area contributed by atoms with Crippen LogP contribution in [0.3, 0.4) is 0 Å². The number of halogens is 3. The minimum Gasteiger partial charge on any atom is -0.319 e. The van der Waals surface area contributed by atoms with Crippen molar-refractivity contribution in [2.45, 2.75) is 12.8 Å². The SMILES string of the molecule is CN(C/C=C/c1ccc(Cl)cc1)CCC#N.CNCCC#N.Clc1ccc(/C=C/CBr)cc1. The molecule has 0 atom stereocenters. The van der Waals surface area contributed by atoms with Crippen LogP contribution in [0.15, 0.2) is 60.7 Å². The smallest absolute Gasteiger partial charge is 0.0635 e. The Morgan fingerprint density at radius 2 is 1.36 bits per heavy atom. The molecule has 176 valence electrons. The quantitative estimate of drug-likeness (QED) is 0.268. The van der Waals surface area contributed by atoms with Gasteiger partial charge in [-0.25, -0.2) is 0 Å². The number of nitrogens with zero attached hydrogens (tertiary/aromatic N) is 3. The number of hydrogen-bond donors (Lipinski definition) is 1. The highest BCUT2D eigenvalue weighted by Gasteiger charge is 1.93. The van der Waals surface area contributed by atoms with Crippen molar-refractivity contribution >= 4 is 51.3 Å². The van der Waals surface area contributed by atoms with Gasteiger partial charge in [-0.3, -0.25) is 0 Å². The van der Waals surface area contributed by atoms with E-state index in [2.05, 4.69) is 44.4 Å². The van der Waals surface area contributed by atoms with Crippen molar-refractivity contribution in [1.82, 2.24) is 10.2 Å². The Kier molecular flexibility index (Phi) is 20.3. The van der Waals surface area contributed by atoms with Crippen molar-refractivity contribution in [2.75, 3.05) is 39.1 Å². The Morgan fingerprint density at radius 3 is 1.76 bits per heavy atom. The van der Waals surface area contributed by atoms with E-state index >= 15 is 0 Å². The average Bonchev–Trinajstić information content (AvgIpc) is 2.83. The van der Waals surface area contributed by atoms with E-state index in [0.717, 1.165) is 40.6 Å². The van der Waals surface area contributed by atoms with Crippen molar-refractivity contribution in [3.8, 4) is 12.1 Å². The Labute approximate surface area is 217 Å². The Bertz CT molecular complexity index is 882. The number of rotatable bonds is 9. The van der Waals surface area contributed by atoms with Crippen LogP contribution >= 0.6 is 39.1 Å². The van der Waals surface area contributed by atoms with Gasteiger partial charge in [0.25, 0.3) is 0 Å². The zero-order chi connectivity index (χ0) is 24.7. The molecule has 0 aromatic heterocycles. The largest absolute Gasteiger partial charge is 0.319 e. The molecule has 0 spiro atoms. The summed E-state index contributed by atoms with van der Waals surface area (Å²) in [5.41, 5.74) is 2.31. The van der Waals surface area contributed by atoms with Crippen LogP contribution in [-0.4, -0.2) is 44.0 Å². The van der Waals surface area contributed by atoms with Crippen molar-refractivity contribution < 1.29 is 0 Å².